The van der Waals surface area contributed by atoms with Gasteiger partial charge in [0.2, 0.25) is 0 Å². The second-order valence-corrected chi connectivity index (χ2v) is 2.90. The molecule has 0 atom stereocenters. The van der Waals surface area contributed by atoms with E-state index in [0.29, 0.717) is 5.75 Å². The number of nitrogens with zero attached hydrogens (tertiary/aromatic N) is 1. The van der Waals surface area contributed by atoms with E-state index in [1.807, 2.05) is 13.1 Å². The van der Waals surface area contributed by atoms with Crippen molar-refractivity contribution in [3.8, 4) is 5.75 Å². The van der Waals surface area contributed by atoms with Gasteiger partial charge in [-0.1, -0.05) is 20.3 Å². The minimum absolute atomic E-state index is 0.337. The zero-order chi connectivity index (χ0) is 8.97. The van der Waals surface area contributed by atoms with Crippen LogP contribution in [0.5, 0.6) is 5.75 Å². The summed E-state index contributed by atoms with van der Waals surface area (Å²) in [5.41, 5.74) is 2.23. The monoisotopic (exact) mass is 165 g/mol. The molecule has 0 aromatic carbocycles. The molecule has 0 fully saturated rings. The molecule has 0 saturated heterocycles. The Labute approximate surface area is 73.3 Å². The highest BCUT2D eigenvalue weighted by atomic mass is 16.3. The Kier molecular flexibility index (Phi) is 3.09. The SMILES string of the molecule is CCCc1cncc(O)c1CC. The first-order chi connectivity index (χ1) is 5.79. The van der Waals surface area contributed by atoms with Crippen LogP contribution < -0.4 is 0 Å². The normalized spacial score (nSPS) is 10.2. The minimum Gasteiger partial charge on any atom is -0.506 e. The average molecular weight is 165 g/mol. The number of rotatable bonds is 3. The van der Waals surface area contributed by atoms with Gasteiger partial charge in [-0.3, -0.25) is 4.98 Å². The predicted octanol–water partition coefficient (Wildman–Crippen LogP) is 2.30. The highest BCUT2D eigenvalue weighted by molar-refractivity contribution is 5.35. The first-order valence-electron chi connectivity index (χ1n) is 4.44. The van der Waals surface area contributed by atoms with Crippen LogP contribution in [-0.2, 0) is 12.8 Å². The van der Waals surface area contributed by atoms with Crippen LogP contribution in [0, 0.1) is 0 Å². The van der Waals surface area contributed by atoms with Crippen molar-refractivity contribution < 1.29 is 5.11 Å². The fraction of sp³-hybridized carbons (Fsp3) is 0.500. The van der Waals surface area contributed by atoms with Gasteiger partial charge in [0.05, 0.1) is 6.20 Å². The van der Waals surface area contributed by atoms with Crippen LogP contribution in [0.1, 0.15) is 31.4 Å². The molecule has 66 valence electrons. The van der Waals surface area contributed by atoms with Crippen molar-refractivity contribution in [3.05, 3.63) is 23.5 Å². The van der Waals surface area contributed by atoms with Crippen LogP contribution in [0.3, 0.4) is 0 Å². The maximum Gasteiger partial charge on any atom is 0.137 e. The Hall–Kier alpha value is -1.05. The van der Waals surface area contributed by atoms with Crippen molar-refractivity contribution in [2.24, 2.45) is 0 Å². The number of aromatic nitrogens is 1. The van der Waals surface area contributed by atoms with Crippen LogP contribution in [0.15, 0.2) is 12.4 Å². The number of pyridine rings is 1. The number of hydrogen-bond donors (Lipinski definition) is 1. The standard InChI is InChI=1S/C10H15NO/c1-3-5-8-6-11-7-10(12)9(8)4-2/h6-7,12H,3-5H2,1-2H3. The van der Waals surface area contributed by atoms with E-state index in [1.54, 1.807) is 0 Å². The van der Waals surface area contributed by atoms with Gasteiger partial charge in [0.15, 0.2) is 0 Å². The maximum atomic E-state index is 9.46. The fourth-order valence-electron chi connectivity index (χ4n) is 1.41. The van der Waals surface area contributed by atoms with E-state index < -0.39 is 0 Å². The fourth-order valence-corrected chi connectivity index (χ4v) is 1.41. The van der Waals surface area contributed by atoms with E-state index in [-0.39, 0.29) is 0 Å². The molecule has 0 amide bonds. The maximum absolute atomic E-state index is 9.46. The molecule has 2 nitrogen and oxygen atoms in total. The Morgan fingerprint density at radius 3 is 2.67 bits per heavy atom. The van der Waals surface area contributed by atoms with Crippen molar-refractivity contribution in [2.45, 2.75) is 33.1 Å². The zero-order valence-corrected chi connectivity index (χ0v) is 7.67. The Morgan fingerprint density at radius 1 is 1.33 bits per heavy atom. The van der Waals surface area contributed by atoms with Crippen LogP contribution in [0.4, 0.5) is 0 Å². The second-order valence-electron chi connectivity index (χ2n) is 2.90. The van der Waals surface area contributed by atoms with E-state index in [1.165, 1.54) is 11.8 Å². The summed E-state index contributed by atoms with van der Waals surface area (Å²) in [4.78, 5) is 3.96. The van der Waals surface area contributed by atoms with Gasteiger partial charge in [-0.15, -0.1) is 0 Å². The molecule has 0 saturated carbocycles. The van der Waals surface area contributed by atoms with Crippen molar-refractivity contribution >= 4 is 0 Å². The molecule has 0 aliphatic heterocycles. The van der Waals surface area contributed by atoms with Crippen LogP contribution in [0.25, 0.3) is 0 Å². The molecule has 12 heavy (non-hydrogen) atoms. The number of hydrogen-bond acceptors (Lipinski definition) is 2. The Bertz CT molecular complexity index is 258. The summed E-state index contributed by atoms with van der Waals surface area (Å²) >= 11 is 0. The first kappa shape index (κ1) is 9.04. The molecule has 0 radical (unpaired) electrons. The smallest absolute Gasteiger partial charge is 0.137 e. The summed E-state index contributed by atoms with van der Waals surface area (Å²) in [5, 5.41) is 9.46. The lowest BCUT2D eigenvalue weighted by Gasteiger charge is -2.06. The van der Waals surface area contributed by atoms with E-state index in [2.05, 4.69) is 11.9 Å². The molecule has 0 aliphatic rings. The Balaban J connectivity index is 3.00. The van der Waals surface area contributed by atoms with Gasteiger partial charge < -0.3 is 5.11 Å². The van der Waals surface area contributed by atoms with Gasteiger partial charge in [0, 0.05) is 6.20 Å². The van der Waals surface area contributed by atoms with Gasteiger partial charge >= 0.3 is 0 Å². The molecule has 1 heterocycles. The lowest BCUT2D eigenvalue weighted by atomic mass is 10.0. The van der Waals surface area contributed by atoms with Gasteiger partial charge in [0.25, 0.3) is 0 Å². The second kappa shape index (κ2) is 4.10. The van der Waals surface area contributed by atoms with Gasteiger partial charge in [-0.05, 0) is 24.0 Å². The van der Waals surface area contributed by atoms with Gasteiger partial charge in [-0.25, -0.2) is 0 Å². The lowest BCUT2D eigenvalue weighted by Crippen LogP contribution is -1.94. The minimum atomic E-state index is 0.337. The van der Waals surface area contributed by atoms with E-state index in [9.17, 15) is 5.11 Å². The molecule has 2 heteroatoms. The van der Waals surface area contributed by atoms with E-state index in [4.69, 9.17) is 0 Å². The molecular formula is C10H15NO. The van der Waals surface area contributed by atoms with E-state index >= 15 is 0 Å². The van der Waals surface area contributed by atoms with Gasteiger partial charge in [0.1, 0.15) is 5.75 Å². The predicted molar refractivity (Wildman–Crippen MR) is 49.3 cm³/mol. The molecule has 1 aromatic rings. The quantitative estimate of drug-likeness (QED) is 0.745. The molecule has 0 spiro atoms. The summed E-state index contributed by atoms with van der Waals surface area (Å²) < 4.78 is 0. The van der Waals surface area contributed by atoms with Crippen LogP contribution >= 0.6 is 0 Å². The molecule has 1 rings (SSSR count). The molecule has 0 aliphatic carbocycles. The third kappa shape index (κ3) is 1.76. The number of aromatic hydroxyl groups is 1. The third-order valence-electron chi connectivity index (χ3n) is 2.00. The lowest BCUT2D eigenvalue weighted by molar-refractivity contribution is 0.464. The highest BCUT2D eigenvalue weighted by Gasteiger charge is 2.04. The summed E-state index contributed by atoms with van der Waals surface area (Å²) in [6.45, 7) is 4.18. The zero-order valence-electron chi connectivity index (χ0n) is 7.67. The topological polar surface area (TPSA) is 33.1 Å². The van der Waals surface area contributed by atoms with Crippen molar-refractivity contribution in [1.82, 2.24) is 4.98 Å². The largest absolute Gasteiger partial charge is 0.506 e. The highest BCUT2D eigenvalue weighted by Crippen LogP contribution is 2.20. The van der Waals surface area contributed by atoms with Gasteiger partial charge in [-0.2, -0.15) is 0 Å². The van der Waals surface area contributed by atoms with Crippen molar-refractivity contribution in [2.75, 3.05) is 0 Å². The van der Waals surface area contributed by atoms with Crippen molar-refractivity contribution in [1.29, 1.82) is 0 Å². The summed E-state index contributed by atoms with van der Waals surface area (Å²) in [5.74, 6) is 0.337. The van der Waals surface area contributed by atoms with Crippen molar-refractivity contribution in [3.63, 3.8) is 0 Å². The molecule has 0 bridgehead atoms. The molecule has 1 N–H and O–H groups in total. The van der Waals surface area contributed by atoms with Crippen LogP contribution in [0.2, 0.25) is 0 Å². The summed E-state index contributed by atoms with van der Waals surface area (Å²) in [6, 6.07) is 0. The summed E-state index contributed by atoms with van der Waals surface area (Å²) in [7, 11) is 0. The average Bonchev–Trinajstić information content (AvgIpc) is 2.05. The van der Waals surface area contributed by atoms with E-state index in [0.717, 1.165) is 24.8 Å². The summed E-state index contributed by atoms with van der Waals surface area (Å²) in [6.07, 6.45) is 6.34. The molecule has 1 aromatic heterocycles. The third-order valence-corrected chi connectivity index (χ3v) is 2.00. The van der Waals surface area contributed by atoms with Crippen LogP contribution in [-0.4, -0.2) is 10.1 Å². The Morgan fingerprint density at radius 2 is 2.08 bits per heavy atom. The first-order valence-corrected chi connectivity index (χ1v) is 4.44. The number of aryl methyl sites for hydroxylation is 1. The molecular weight excluding hydrogens is 150 g/mol. The molecule has 0 unspecified atom stereocenters.